The summed E-state index contributed by atoms with van der Waals surface area (Å²) >= 11 is 0. The zero-order valence-electron chi connectivity index (χ0n) is 14.1. The van der Waals surface area contributed by atoms with Gasteiger partial charge in [0.25, 0.3) is 0 Å². The van der Waals surface area contributed by atoms with Crippen LogP contribution in [0.5, 0.6) is 11.8 Å². The van der Waals surface area contributed by atoms with Crippen LogP contribution in [0.1, 0.15) is 25.7 Å². The molecule has 2 N–H and O–H groups in total. The Morgan fingerprint density at radius 2 is 1.80 bits per heavy atom. The van der Waals surface area contributed by atoms with Crippen LogP contribution in [-0.2, 0) is 0 Å². The second-order valence-corrected chi connectivity index (χ2v) is 5.92. The van der Waals surface area contributed by atoms with Gasteiger partial charge in [-0.2, -0.15) is 0 Å². The fourth-order valence-corrected chi connectivity index (χ4v) is 2.91. The van der Waals surface area contributed by atoms with E-state index in [1.54, 1.807) is 25.6 Å². The first-order valence-electron chi connectivity index (χ1n) is 8.39. The average Bonchev–Trinajstić information content (AvgIpc) is 2.64. The van der Waals surface area contributed by atoms with Crippen molar-refractivity contribution in [2.75, 3.05) is 12.4 Å². The van der Waals surface area contributed by atoms with E-state index in [2.05, 4.69) is 20.6 Å². The lowest BCUT2D eigenvalue weighted by molar-refractivity contribution is 0.129. The summed E-state index contributed by atoms with van der Waals surface area (Å²) in [5.41, 5.74) is 0.653. The van der Waals surface area contributed by atoms with Gasteiger partial charge in [0.05, 0.1) is 12.8 Å². The van der Waals surface area contributed by atoms with Crippen LogP contribution in [0.3, 0.4) is 0 Å². The minimum Gasteiger partial charge on any atom is -0.495 e. The fourth-order valence-electron chi connectivity index (χ4n) is 2.91. The number of para-hydroxylation sites is 2. The van der Waals surface area contributed by atoms with Crippen LogP contribution in [0, 0.1) is 0 Å². The van der Waals surface area contributed by atoms with Gasteiger partial charge in [0, 0.05) is 18.4 Å². The van der Waals surface area contributed by atoms with Gasteiger partial charge in [0.1, 0.15) is 11.9 Å². The molecule has 1 aromatic carbocycles. The summed E-state index contributed by atoms with van der Waals surface area (Å²) in [5.74, 6) is 0.637. The van der Waals surface area contributed by atoms with Crippen molar-refractivity contribution in [2.24, 2.45) is 0 Å². The van der Waals surface area contributed by atoms with Crippen LogP contribution in [0.15, 0.2) is 42.7 Å². The Morgan fingerprint density at radius 3 is 2.52 bits per heavy atom. The fraction of sp³-hybridized carbons (Fsp3) is 0.389. The van der Waals surface area contributed by atoms with Gasteiger partial charge in [0.2, 0.25) is 0 Å². The van der Waals surface area contributed by atoms with Gasteiger partial charge in [-0.05, 0) is 43.9 Å². The van der Waals surface area contributed by atoms with Crippen molar-refractivity contribution in [1.82, 2.24) is 15.3 Å². The number of urea groups is 1. The normalized spacial score (nSPS) is 19.7. The van der Waals surface area contributed by atoms with Crippen LogP contribution >= 0.6 is 0 Å². The Bertz CT molecular complexity index is 688. The highest BCUT2D eigenvalue weighted by molar-refractivity contribution is 5.91. The van der Waals surface area contributed by atoms with Gasteiger partial charge in [-0.3, -0.25) is 0 Å². The smallest absolute Gasteiger partial charge is 0.319 e. The molecule has 1 saturated carbocycles. The van der Waals surface area contributed by atoms with Crippen molar-refractivity contribution < 1.29 is 14.3 Å². The number of methoxy groups -OCH3 is 1. The molecule has 1 aromatic heterocycles. The molecule has 132 valence electrons. The number of hydrogen-bond acceptors (Lipinski definition) is 5. The minimum atomic E-state index is -0.222. The second-order valence-electron chi connectivity index (χ2n) is 5.92. The third kappa shape index (κ3) is 4.82. The van der Waals surface area contributed by atoms with Crippen LogP contribution < -0.4 is 20.1 Å². The Morgan fingerprint density at radius 1 is 1.08 bits per heavy atom. The predicted octanol–water partition coefficient (Wildman–Crippen LogP) is 3.00. The summed E-state index contributed by atoms with van der Waals surface area (Å²) in [7, 11) is 1.58. The predicted molar refractivity (Wildman–Crippen MR) is 93.9 cm³/mol. The first-order chi connectivity index (χ1) is 12.2. The van der Waals surface area contributed by atoms with Crippen molar-refractivity contribution in [3.63, 3.8) is 0 Å². The van der Waals surface area contributed by atoms with Crippen molar-refractivity contribution in [1.29, 1.82) is 0 Å². The molecule has 25 heavy (non-hydrogen) atoms. The third-order valence-corrected chi connectivity index (χ3v) is 4.18. The van der Waals surface area contributed by atoms with E-state index in [9.17, 15) is 4.79 Å². The van der Waals surface area contributed by atoms with Crippen molar-refractivity contribution in [3.05, 3.63) is 42.7 Å². The molecule has 0 spiro atoms. The highest BCUT2D eigenvalue weighted by atomic mass is 16.5. The molecule has 7 nitrogen and oxygen atoms in total. The van der Waals surface area contributed by atoms with E-state index in [1.807, 2.05) is 24.3 Å². The number of hydrogen-bond donors (Lipinski definition) is 2. The quantitative estimate of drug-likeness (QED) is 0.872. The van der Waals surface area contributed by atoms with Crippen LogP contribution in [0.25, 0.3) is 0 Å². The molecule has 1 aliphatic rings. The van der Waals surface area contributed by atoms with Gasteiger partial charge < -0.3 is 20.1 Å². The van der Waals surface area contributed by atoms with E-state index in [0.717, 1.165) is 25.7 Å². The number of aromatic nitrogens is 2. The number of amides is 2. The highest BCUT2D eigenvalue weighted by Crippen LogP contribution is 2.24. The van der Waals surface area contributed by atoms with E-state index in [0.29, 0.717) is 17.4 Å². The van der Waals surface area contributed by atoms with Crippen LogP contribution in [0.2, 0.25) is 0 Å². The Labute approximate surface area is 146 Å². The largest absolute Gasteiger partial charge is 0.495 e. The minimum absolute atomic E-state index is 0.0951. The lowest BCUT2D eigenvalue weighted by atomic mass is 9.93. The number of anilines is 1. The van der Waals surface area contributed by atoms with E-state index in [4.69, 9.17) is 9.47 Å². The maximum Gasteiger partial charge on any atom is 0.319 e. The zero-order valence-corrected chi connectivity index (χ0v) is 14.1. The SMILES string of the molecule is COc1ccccc1NC(=O)NC1CCC(Oc2ncccn2)CC1. The summed E-state index contributed by atoms with van der Waals surface area (Å²) in [4.78, 5) is 20.3. The van der Waals surface area contributed by atoms with Gasteiger partial charge in [-0.15, -0.1) is 0 Å². The first-order valence-corrected chi connectivity index (χ1v) is 8.39. The van der Waals surface area contributed by atoms with Gasteiger partial charge in [-0.25, -0.2) is 14.8 Å². The maximum atomic E-state index is 12.2. The van der Waals surface area contributed by atoms with Gasteiger partial charge >= 0.3 is 12.0 Å². The number of carbonyl (C=O) groups excluding carboxylic acids is 1. The molecular weight excluding hydrogens is 320 g/mol. The average molecular weight is 342 g/mol. The molecule has 1 heterocycles. The standard InChI is InChI=1S/C18H22N4O3/c1-24-16-6-3-2-5-15(16)22-17(23)21-13-7-9-14(10-8-13)25-18-19-11-4-12-20-18/h2-6,11-14H,7-10H2,1H3,(H2,21,22,23). The molecule has 0 saturated heterocycles. The topological polar surface area (TPSA) is 85.4 Å². The van der Waals surface area contributed by atoms with Crippen molar-refractivity contribution in [2.45, 2.75) is 37.8 Å². The molecular formula is C18H22N4O3. The zero-order chi connectivity index (χ0) is 17.5. The Kier molecular flexibility index (Phi) is 5.66. The van der Waals surface area contributed by atoms with Crippen LogP contribution in [-0.4, -0.2) is 35.3 Å². The molecule has 0 atom stereocenters. The van der Waals surface area contributed by atoms with Gasteiger partial charge in [-0.1, -0.05) is 12.1 Å². The Balaban J connectivity index is 1.45. The summed E-state index contributed by atoms with van der Waals surface area (Å²) in [5, 5.41) is 5.84. The lowest BCUT2D eigenvalue weighted by Gasteiger charge is -2.28. The van der Waals surface area contributed by atoms with Crippen molar-refractivity contribution in [3.8, 4) is 11.8 Å². The molecule has 3 rings (SSSR count). The van der Waals surface area contributed by atoms with E-state index >= 15 is 0 Å². The molecule has 2 amide bonds. The van der Waals surface area contributed by atoms with Gasteiger partial charge in [0.15, 0.2) is 0 Å². The second kappa shape index (κ2) is 8.32. The number of benzene rings is 1. The first kappa shape index (κ1) is 17.0. The Hall–Kier alpha value is -2.83. The molecule has 1 aliphatic carbocycles. The molecule has 2 aromatic rings. The summed E-state index contributed by atoms with van der Waals surface area (Å²) in [6, 6.07) is 9.41. The molecule has 0 bridgehead atoms. The summed E-state index contributed by atoms with van der Waals surface area (Å²) in [6.45, 7) is 0. The molecule has 7 heteroatoms. The number of nitrogens with zero attached hydrogens (tertiary/aromatic N) is 2. The monoisotopic (exact) mass is 342 g/mol. The van der Waals surface area contributed by atoms with Crippen LogP contribution in [0.4, 0.5) is 10.5 Å². The number of carbonyl (C=O) groups is 1. The van der Waals surface area contributed by atoms with E-state index in [1.165, 1.54) is 0 Å². The number of nitrogens with one attached hydrogen (secondary N) is 2. The number of ether oxygens (including phenoxy) is 2. The molecule has 0 aliphatic heterocycles. The molecule has 0 unspecified atom stereocenters. The maximum absolute atomic E-state index is 12.2. The molecule has 1 fully saturated rings. The molecule has 0 radical (unpaired) electrons. The number of rotatable bonds is 5. The lowest BCUT2D eigenvalue weighted by Crippen LogP contribution is -2.41. The third-order valence-electron chi connectivity index (χ3n) is 4.18. The van der Waals surface area contributed by atoms with E-state index < -0.39 is 0 Å². The van der Waals surface area contributed by atoms with E-state index in [-0.39, 0.29) is 18.2 Å². The summed E-state index contributed by atoms with van der Waals surface area (Å²) < 4.78 is 11.0. The van der Waals surface area contributed by atoms with Crippen molar-refractivity contribution >= 4 is 11.7 Å². The summed E-state index contributed by atoms with van der Waals surface area (Å²) in [6.07, 6.45) is 6.86. The highest BCUT2D eigenvalue weighted by Gasteiger charge is 2.24.